The summed E-state index contributed by atoms with van der Waals surface area (Å²) in [6.45, 7) is 3.55. The minimum Gasteiger partial charge on any atom is -0.370 e. The van der Waals surface area contributed by atoms with E-state index in [2.05, 4.69) is 39.7 Å². The van der Waals surface area contributed by atoms with Crippen molar-refractivity contribution in [3.8, 4) is 0 Å². The second kappa shape index (κ2) is 6.70. The molecule has 0 saturated heterocycles. The van der Waals surface area contributed by atoms with Gasteiger partial charge in [0, 0.05) is 18.3 Å². The molecule has 0 saturated carbocycles. The lowest BCUT2D eigenvalue weighted by Gasteiger charge is -2.08. The molecule has 0 amide bonds. The molecule has 0 fully saturated rings. The van der Waals surface area contributed by atoms with Crippen LogP contribution in [0.5, 0.6) is 0 Å². The highest BCUT2D eigenvalue weighted by molar-refractivity contribution is 5.59. The Labute approximate surface area is 113 Å². The zero-order valence-electron chi connectivity index (χ0n) is 11.1. The predicted molar refractivity (Wildman–Crippen MR) is 78.7 cm³/mol. The van der Waals surface area contributed by atoms with E-state index >= 15 is 0 Å². The SMILES string of the molecule is Cc1cccc(Nc2cc(NCCCN)ncn2)c1. The minimum absolute atomic E-state index is 0.673. The Kier molecular flexibility index (Phi) is 4.69. The molecule has 0 atom stereocenters. The van der Waals surface area contributed by atoms with Gasteiger partial charge in [0.1, 0.15) is 18.0 Å². The second-order valence-corrected chi connectivity index (χ2v) is 4.35. The van der Waals surface area contributed by atoms with Crippen LogP contribution in [-0.2, 0) is 0 Å². The van der Waals surface area contributed by atoms with Crippen LogP contribution in [0.3, 0.4) is 0 Å². The van der Waals surface area contributed by atoms with Crippen LogP contribution in [0.4, 0.5) is 17.3 Å². The summed E-state index contributed by atoms with van der Waals surface area (Å²) in [5.74, 6) is 1.58. The number of nitrogens with zero attached hydrogens (tertiary/aromatic N) is 2. The average molecular weight is 257 g/mol. The lowest BCUT2D eigenvalue weighted by molar-refractivity contribution is 0.869. The van der Waals surface area contributed by atoms with E-state index in [1.807, 2.05) is 18.2 Å². The maximum Gasteiger partial charge on any atom is 0.135 e. The van der Waals surface area contributed by atoms with Gasteiger partial charge in [-0.1, -0.05) is 12.1 Å². The fraction of sp³-hybridized carbons (Fsp3) is 0.286. The number of nitrogens with one attached hydrogen (secondary N) is 2. The molecule has 0 aliphatic carbocycles. The minimum atomic E-state index is 0.673. The highest BCUT2D eigenvalue weighted by Crippen LogP contribution is 2.17. The first-order chi connectivity index (χ1) is 9.28. The van der Waals surface area contributed by atoms with E-state index in [-0.39, 0.29) is 0 Å². The fourth-order valence-corrected chi connectivity index (χ4v) is 1.71. The lowest BCUT2D eigenvalue weighted by Crippen LogP contribution is -2.09. The number of aryl methyl sites for hydroxylation is 1. The van der Waals surface area contributed by atoms with Gasteiger partial charge in [-0.05, 0) is 37.6 Å². The summed E-state index contributed by atoms with van der Waals surface area (Å²) in [6, 6.07) is 10.0. The molecule has 2 rings (SSSR count). The smallest absolute Gasteiger partial charge is 0.135 e. The molecule has 0 radical (unpaired) electrons. The average Bonchev–Trinajstić information content (AvgIpc) is 2.39. The fourth-order valence-electron chi connectivity index (χ4n) is 1.71. The van der Waals surface area contributed by atoms with Crippen molar-refractivity contribution in [3.63, 3.8) is 0 Å². The number of rotatable bonds is 6. The normalized spacial score (nSPS) is 10.2. The third-order valence-electron chi connectivity index (χ3n) is 2.64. The van der Waals surface area contributed by atoms with Crippen LogP contribution < -0.4 is 16.4 Å². The molecular formula is C14H19N5. The van der Waals surface area contributed by atoms with Crippen molar-refractivity contribution in [1.29, 1.82) is 0 Å². The molecule has 0 unspecified atom stereocenters. The molecule has 4 N–H and O–H groups in total. The molecular weight excluding hydrogens is 238 g/mol. The van der Waals surface area contributed by atoms with Crippen molar-refractivity contribution in [1.82, 2.24) is 9.97 Å². The van der Waals surface area contributed by atoms with Crippen molar-refractivity contribution >= 4 is 17.3 Å². The molecule has 5 heteroatoms. The first-order valence-electron chi connectivity index (χ1n) is 6.37. The lowest BCUT2D eigenvalue weighted by atomic mass is 10.2. The van der Waals surface area contributed by atoms with E-state index in [4.69, 9.17) is 5.73 Å². The van der Waals surface area contributed by atoms with Crippen molar-refractivity contribution in [2.24, 2.45) is 5.73 Å². The third-order valence-corrected chi connectivity index (χ3v) is 2.64. The molecule has 0 bridgehead atoms. The quantitative estimate of drug-likeness (QED) is 0.692. The summed E-state index contributed by atoms with van der Waals surface area (Å²) in [5.41, 5.74) is 7.68. The van der Waals surface area contributed by atoms with Crippen LogP contribution in [0.15, 0.2) is 36.7 Å². The molecule has 0 aliphatic rings. The number of aromatic nitrogens is 2. The topological polar surface area (TPSA) is 75.9 Å². The molecule has 1 aromatic carbocycles. The highest BCUT2D eigenvalue weighted by Gasteiger charge is 1.99. The van der Waals surface area contributed by atoms with E-state index in [0.29, 0.717) is 6.54 Å². The van der Waals surface area contributed by atoms with Gasteiger partial charge in [0.15, 0.2) is 0 Å². The van der Waals surface area contributed by atoms with Crippen LogP contribution in [0.2, 0.25) is 0 Å². The molecule has 1 heterocycles. The van der Waals surface area contributed by atoms with Gasteiger partial charge in [0.25, 0.3) is 0 Å². The number of hydrogen-bond acceptors (Lipinski definition) is 5. The van der Waals surface area contributed by atoms with Gasteiger partial charge >= 0.3 is 0 Å². The van der Waals surface area contributed by atoms with Crippen LogP contribution in [0, 0.1) is 6.92 Å². The van der Waals surface area contributed by atoms with Crippen LogP contribution in [-0.4, -0.2) is 23.1 Å². The summed E-state index contributed by atoms with van der Waals surface area (Å²) in [5, 5.41) is 6.47. The summed E-state index contributed by atoms with van der Waals surface area (Å²) >= 11 is 0. The van der Waals surface area contributed by atoms with Gasteiger partial charge in [-0.15, -0.1) is 0 Å². The number of hydrogen-bond donors (Lipinski definition) is 3. The second-order valence-electron chi connectivity index (χ2n) is 4.35. The largest absolute Gasteiger partial charge is 0.370 e. The van der Waals surface area contributed by atoms with E-state index in [0.717, 1.165) is 30.3 Å². The Bertz CT molecular complexity index is 527. The molecule has 5 nitrogen and oxygen atoms in total. The Hall–Kier alpha value is -2.14. The van der Waals surface area contributed by atoms with Crippen LogP contribution in [0.1, 0.15) is 12.0 Å². The van der Waals surface area contributed by atoms with Gasteiger partial charge < -0.3 is 16.4 Å². The number of nitrogens with two attached hydrogens (primary N) is 1. The summed E-state index contributed by atoms with van der Waals surface area (Å²) < 4.78 is 0. The maximum atomic E-state index is 5.45. The van der Waals surface area contributed by atoms with Gasteiger partial charge in [-0.3, -0.25) is 0 Å². The van der Waals surface area contributed by atoms with Crippen LogP contribution >= 0.6 is 0 Å². The number of benzene rings is 1. The van der Waals surface area contributed by atoms with E-state index in [1.165, 1.54) is 5.56 Å². The van der Waals surface area contributed by atoms with Crippen LogP contribution in [0.25, 0.3) is 0 Å². The molecule has 100 valence electrons. The Morgan fingerprint density at radius 2 is 2.00 bits per heavy atom. The monoisotopic (exact) mass is 257 g/mol. The Morgan fingerprint density at radius 1 is 1.16 bits per heavy atom. The molecule has 0 spiro atoms. The summed E-state index contributed by atoms with van der Waals surface area (Å²) in [7, 11) is 0. The Morgan fingerprint density at radius 3 is 2.79 bits per heavy atom. The van der Waals surface area contributed by atoms with Gasteiger partial charge in [0.2, 0.25) is 0 Å². The van der Waals surface area contributed by atoms with E-state index in [1.54, 1.807) is 6.33 Å². The standard InChI is InChI=1S/C14H19N5/c1-11-4-2-5-12(8-11)19-14-9-13(17-10-18-14)16-7-3-6-15/h2,4-5,8-10H,3,6-7,15H2,1H3,(H2,16,17,18,19). The van der Waals surface area contributed by atoms with Crippen molar-refractivity contribution in [2.75, 3.05) is 23.7 Å². The maximum absolute atomic E-state index is 5.45. The molecule has 19 heavy (non-hydrogen) atoms. The highest BCUT2D eigenvalue weighted by atomic mass is 15.1. The predicted octanol–water partition coefficient (Wildman–Crippen LogP) is 2.29. The molecule has 1 aromatic heterocycles. The van der Waals surface area contributed by atoms with E-state index in [9.17, 15) is 0 Å². The first-order valence-corrected chi connectivity index (χ1v) is 6.37. The van der Waals surface area contributed by atoms with Gasteiger partial charge in [0.05, 0.1) is 0 Å². The zero-order valence-corrected chi connectivity index (χ0v) is 11.1. The van der Waals surface area contributed by atoms with Crippen molar-refractivity contribution < 1.29 is 0 Å². The Balaban J connectivity index is 2.02. The van der Waals surface area contributed by atoms with Crippen molar-refractivity contribution in [3.05, 3.63) is 42.2 Å². The summed E-state index contributed by atoms with van der Waals surface area (Å²) in [4.78, 5) is 8.37. The van der Waals surface area contributed by atoms with Gasteiger partial charge in [-0.2, -0.15) is 0 Å². The van der Waals surface area contributed by atoms with Gasteiger partial charge in [-0.25, -0.2) is 9.97 Å². The summed E-state index contributed by atoms with van der Waals surface area (Å²) in [6.07, 6.45) is 2.47. The van der Waals surface area contributed by atoms with E-state index < -0.39 is 0 Å². The molecule has 0 aliphatic heterocycles. The van der Waals surface area contributed by atoms with Crippen molar-refractivity contribution in [2.45, 2.75) is 13.3 Å². The third kappa shape index (κ3) is 4.22. The first kappa shape index (κ1) is 13.3. The zero-order chi connectivity index (χ0) is 13.5. The number of anilines is 3. The molecule has 2 aromatic rings.